The van der Waals surface area contributed by atoms with E-state index in [9.17, 15) is 13.2 Å². The highest BCUT2D eigenvalue weighted by molar-refractivity contribution is 7.89. The van der Waals surface area contributed by atoms with Crippen molar-refractivity contribution in [3.63, 3.8) is 0 Å². The molecule has 0 saturated heterocycles. The molecule has 0 aliphatic heterocycles. The normalized spacial score (nSPS) is 11.5. The predicted octanol–water partition coefficient (Wildman–Crippen LogP) is 1.78. The number of rotatable bonds is 6. The molecule has 2 rings (SSSR count). The molecule has 0 radical (unpaired) electrons. The molecule has 0 bridgehead atoms. The van der Waals surface area contributed by atoms with Gasteiger partial charge in [0.25, 0.3) is 5.91 Å². The summed E-state index contributed by atoms with van der Waals surface area (Å²) in [5.41, 5.74) is 2.41. The first kappa shape index (κ1) is 19.2. The standard InChI is InChI=1S/C18H18N4O3S/c1-13-2-4-14(5-3-13)11-21-12-15(10-19)18(23)22-16-6-8-17(9-7-16)26(20,24)25/h2-9,12,21H,11H2,1H3,(H,22,23)(H2,20,24,25)/b15-12-. The van der Waals surface area contributed by atoms with Crippen molar-refractivity contribution in [1.29, 1.82) is 5.26 Å². The molecule has 26 heavy (non-hydrogen) atoms. The van der Waals surface area contributed by atoms with Gasteiger partial charge in [-0.3, -0.25) is 4.79 Å². The third-order valence-electron chi connectivity index (χ3n) is 3.48. The van der Waals surface area contributed by atoms with Crippen molar-refractivity contribution in [2.45, 2.75) is 18.4 Å². The van der Waals surface area contributed by atoms with E-state index in [4.69, 9.17) is 10.4 Å². The van der Waals surface area contributed by atoms with Crippen LogP contribution in [0.5, 0.6) is 0 Å². The number of nitrogens with one attached hydrogen (secondary N) is 2. The van der Waals surface area contributed by atoms with Gasteiger partial charge in [0.2, 0.25) is 10.0 Å². The number of aryl methyl sites for hydroxylation is 1. The Morgan fingerprint density at radius 1 is 1.15 bits per heavy atom. The molecule has 0 aliphatic carbocycles. The Labute approximate surface area is 152 Å². The van der Waals surface area contributed by atoms with Crippen LogP contribution in [0.4, 0.5) is 5.69 Å². The minimum absolute atomic E-state index is 0.0636. The van der Waals surface area contributed by atoms with Gasteiger partial charge in [-0.1, -0.05) is 29.8 Å². The van der Waals surface area contributed by atoms with Crippen molar-refractivity contribution in [3.8, 4) is 6.07 Å². The first-order valence-corrected chi connectivity index (χ1v) is 9.17. The second kappa shape index (κ2) is 8.29. The SMILES string of the molecule is Cc1ccc(CN/C=C(/C#N)C(=O)Nc2ccc(S(N)(=O)=O)cc2)cc1. The summed E-state index contributed by atoms with van der Waals surface area (Å²) in [6, 6.07) is 15.0. The number of sulfonamides is 1. The number of hydrogen-bond acceptors (Lipinski definition) is 5. The van der Waals surface area contributed by atoms with Gasteiger partial charge in [-0.05, 0) is 36.8 Å². The lowest BCUT2D eigenvalue weighted by Gasteiger charge is -2.06. The van der Waals surface area contributed by atoms with Gasteiger partial charge in [0.1, 0.15) is 11.6 Å². The molecule has 2 aromatic carbocycles. The molecule has 0 saturated carbocycles. The fraction of sp³-hybridized carbons (Fsp3) is 0.111. The molecule has 7 nitrogen and oxygen atoms in total. The lowest BCUT2D eigenvalue weighted by molar-refractivity contribution is -0.112. The van der Waals surface area contributed by atoms with E-state index in [2.05, 4.69) is 10.6 Å². The third-order valence-corrected chi connectivity index (χ3v) is 4.41. The maximum absolute atomic E-state index is 12.1. The van der Waals surface area contributed by atoms with Gasteiger partial charge >= 0.3 is 0 Å². The van der Waals surface area contributed by atoms with Gasteiger partial charge in [-0.2, -0.15) is 5.26 Å². The van der Waals surface area contributed by atoms with E-state index >= 15 is 0 Å². The van der Waals surface area contributed by atoms with Crippen LogP contribution in [-0.4, -0.2) is 14.3 Å². The van der Waals surface area contributed by atoms with Crippen LogP contribution in [0.1, 0.15) is 11.1 Å². The largest absolute Gasteiger partial charge is 0.386 e. The Morgan fingerprint density at radius 3 is 2.31 bits per heavy atom. The highest BCUT2D eigenvalue weighted by Gasteiger charge is 2.11. The Morgan fingerprint density at radius 2 is 1.77 bits per heavy atom. The molecule has 0 atom stereocenters. The summed E-state index contributed by atoms with van der Waals surface area (Å²) in [4.78, 5) is 12.1. The fourth-order valence-electron chi connectivity index (χ4n) is 2.05. The average Bonchev–Trinajstić information content (AvgIpc) is 2.60. The number of hydrogen-bond donors (Lipinski definition) is 3. The molecule has 2 aromatic rings. The number of nitrogens with zero attached hydrogens (tertiary/aromatic N) is 1. The van der Waals surface area contributed by atoms with E-state index in [1.807, 2.05) is 37.3 Å². The summed E-state index contributed by atoms with van der Waals surface area (Å²) in [6.45, 7) is 2.46. The maximum atomic E-state index is 12.1. The highest BCUT2D eigenvalue weighted by atomic mass is 32.2. The third kappa shape index (κ3) is 5.44. The number of nitrogens with two attached hydrogens (primary N) is 1. The molecule has 0 spiro atoms. The van der Waals surface area contributed by atoms with Crippen LogP contribution in [0.25, 0.3) is 0 Å². The van der Waals surface area contributed by atoms with E-state index in [0.29, 0.717) is 12.2 Å². The quantitative estimate of drug-likeness (QED) is 0.528. The molecule has 4 N–H and O–H groups in total. The van der Waals surface area contributed by atoms with Gasteiger partial charge in [-0.15, -0.1) is 0 Å². The van der Waals surface area contributed by atoms with Crippen molar-refractivity contribution in [1.82, 2.24) is 5.32 Å². The summed E-state index contributed by atoms with van der Waals surface area (Å²) in [5, 5.41) is 19.6. The van der Waals surface area contributed by atoms with Crippen LogP contribution >= 0.6 is 0 Å². The fourth-order valence-corrected chi connectivity index (χ4v) is 2.57. The van der Waals surface area contributed by atoms with Crippen molar-refractivity contribution in [2.75, 3.05) is 5.32 Å². The second-order valence-corrected chi connectivity index (χ2v) is 7.12. The second-order valence-electron chi connectivity index (χ2n) is 5.56. The van der Waals surface area contributed by atoms with Gasteiger partial charge in [-0.25, -0.2) is 13.6 Å². The minimum atomic E-state index is -3.80. The molecule has 134 valence electrons. The molecule has 8 heteroatoms. The van der Waals surface area contributed by atoms with E-state index in [0.717, 1.165) is 11.1 Å². The van der Waals surface area contributed by atoms with E-state index < -0.39 is 15.9 Å². The van der Waals surface area contributed by atoms with Crippen molar-refractivity contribution < 1.29 is 13.2 Å². The van der Waals surface area contributed by atoms with Gasteiger partial charge in [0, 0.05) is 18.4 Å². The van der Waals surface area contributed by atoms with Crippen LogP contribution in [0.15, 0.2) is 65.2 Å². The zero-order valence-corrected chi connectivity index (χ0v) is 14.9. The number of nitriles is 1. The number of amides is 1. The van der Waals surface area contributed by atoms with Gasteiger partial charge < -0.3 is 10.6 Å². The van der Waals surface area contributed by atoms with E-state index in [-0.39, 0.29) is 10.5 Å². The molecule has 0 unspecified atom stereocenters. The van der Waals surface area contributed by atoms with E-state index in [1.54, 1.807) is 0 Å². The monoisotopic (exact) mass is 370 g/mol. The Hall–Kier alpha value is -3.15. The summed E-state index contributed by atoms with van der Waals surface area (Å²) in [6.07, 6.45) is 1.34. The van der Waals surface area contributed by atoms with Crippen LogP contribution in [-0.2, 0) is 21.4 Å². The summed E-state index contributed by atoms with van der Waals surface area (Å²) in [5.74, 6) is -0.604. The number of primary sulfonamides is 1. The average molecular weight is 370 g/mol. The number of carbonyl (C=O) groups is 1. The Kier molecular flexibility index (Phi) is 6.11. The minimum Gasteiger partial charge on any atom is -0.386 e. The molecule has 0 heterocycles. The molecular formula is C18H18N4O3S. The van der Waals surface area contributed by atoms with Crippen molar-refractivity contribution in [2.24, 2.45) is 5.14 Å². The van der Waals surface area contributed by atoms with E-state index in [1.165, 1.54) is 30.5 Å². The van der Waals surface area contributed by atoms with Crippen molar-refractivity contribution >= 4 is 21.6 Å². The molecule has 0 fully saturated rings. The smallest absolute Gasteiger partial charge is 0.267 e. The number of anilines is 1. The predicted molar refractivity (Wildman–Crippen MR) is 98.2 cm³/mol. The van der Waals surface area contributed by atoms with Crippen molar-refractivity contribution in [3.05, 3.63) is 71.4 Å². The zero-order chi connectivity index (χ0) is 19.2. The summed E-state index contributed by atoms with van der Waals surface area (Å²) >= 11 is 0. The summed E-state index contributed by atoms with van der Waals surface area (Å²) in [7, 11) is -3.80. The Bertz CT molecular complexity index is 957. The highest BCUT2D eigenvalue weighted by Crippen LogP contribution is 2.13. The lowest BCUT2D eigenvalue weighted by atomic mass is 10.1. The lowest BCUT2D eigenvalue weighted by Crippen LogP contribution is -2.17. The van der Waals surface area contributed by atoms with Crippen LogP contribution in [0.2, 0.25) is 0 Å². The zero-order valence-electron chi connectivity index (χ0n) is 14.1. The summed E-state index contributed by atoms with van der Waals surface area (Å²) < 4.78 is 22.4. The maximum Gasteiger partial charge on any atom is 0.267 e. The first-order valence-electron chi connectivity index (χ1n) is 7.63. The topological polar surface area (TPSA) is 125 Å². The molecule has 0 aliphatic rings. The van der Waals surface area contributed by atoms with Gasteiger partial charge in [0.15, 0.2) is 0 Å². The molecule has 1 amide bonds. The number of carbonyl (C=O) groups excluding carboxylic acids is 1. The van der Waals surface area contributed by atoms with Crippen LogP contribution in [0, 0.1) is 18.3 Å². The van der Waals surface area contributed by atoms with Crippen LogP contribution < -0.4 is 15.8 Å². The number of benzene rings is 2. The van der Waals surface area contributed by atoms with Crippen LogP contribution in [0.3, 0.4) is 0 Å². The molecule has 0 aromatic heterocycles. The Balaban J connectivity index is 1.99. The molecular weight excluding hydrogens is 352 g/mol. The van der Waals surface area contributed by atoms with Gasteiger partial charge in [0.05, 0.1) is 4.90 Å². The first-order chi connectivity index (χ1) is 12.3.